The summed E-state index contributed by atoms with van der Waals surface area (Å²) in [6.07, 6.45) is 2.51. The summed E-state index contributed by atoms with van der Waals surface area (Å²) in [4.78, 5) is 0. The summed E-state index contributed by atoms with van der Waals surface area (Å²) in [5.41, 5.74) is 5.69. The molecule has 0 fully saturated rings. The Hall–Kier alpha value is -0.0800. The fraction of sp³-hybridized carbons (Fsp3) is 1.00. The van der Waals surface area contributed by atoms with Gasteiger partial charge in [-0.25, -0.2) is 0 Å². The quantitative estimate of drug-likeness (QED) is 0.640. The van der Waals surface area contributed by atoms with E-state index in [1.807, 2.05) is 0 Å². The monoisotopic (exact) mass is 172 g/mol. The minimum atomic E-state index is 0.491. The first-order valence-corrected chi connectivity index (χ1v) is 5.07. The summed E-state index contributed by atoms with van der Waals surface area (Å²) in [5, 5.41) is 3.49. The molecule has 0 amide bonds. The SMILES string of the molecule is CCCC(C)C(CN)NC(C)C. The van der Waals surface area contributed by atoms with E-state index in [9.17, 15) is 0 Å². The number of hydrogen-bond donors (Lipinski definition) is 2. The van der Waals surface area contributed by atoms with Gasteiger partial charge in [-0.05, 0) is 12.3 Å². The predicted molar refractivity (Wildman–Crippen MR) is 55.2 cm³/mol. The van der Waals surface area contributed by atoms with E-state index in [4.69, 9.17) is 5.73 Å². The van der Waals surface area contributed by atoms with Crippen molar-refractivity contribution in [2.24, 2.45) is 11.7 Å². The number of nitrogens with one attached hydrogen (secondary N) is 1. The van der Waals surface area contributed by atoms with E-state index in [0.717, 1.165) is 6.54 Å². The molecule has 2 nitrogen and oxygen atoms in total. The van der Waals surface area contributed by atoms with Crippen LogP contribution in [0.4, 0.5) is 0 Å². The second-order valence-electron chi connectivity index (χ2n) is 3.93. The Bertz CT molecular complexity index is 102. The van der Waals surface area contributed by atoms with Crippen LogP contribution in [0.25, 0.3) is 0 Å². The van der Waals surface area contributed by atoms with Crippen LogP contribution in [0.1, 0.15) is 40.5 Å². The molecule has 12 heavy (non-hydrogen) atoms. The summed E-state index contributed by atoms with van der Waals surface area (Å²) >= 11 is 0. The molecule has 0 aliphatic heterocycles. The van der Waals surface area contributed by atoms with Gasteiger partial charge in [0.25, 0.3) is 0 Å². The van der Waals surface area contributed by atoms with E-state index in [0.29, 0.717) is 18.0 Å². The molecule has 2 unspecified atom stereocenters. The van der Waals surface area contributed by atoms with Gasteiger partial charge in [0.1, 0.15) is 0 Å². The third kappa shape index (κ3) is 4.73. The molecule has 0 spiro atoms. The minimum Gasteiger partial charge on any atom is -0.329 e. The van der Waals surface area contributed by atoms with Gasteiger partial charge < -0.3 is 11.1 Å². The Morgan fingerprint density at radius 1 is 1.25 bits per heavy atom. The van der Waals surface area contributed by atoms with E-state index in [-0.39, 0.29) is 0 Å². The summed E-state index contributed by atoms with van der Waals surface area (Å²) < 4.78 is 0. The lowest BCUT2D eigenvalue weighted by molar-refractivity contribution is 0.339. The van der Waals surface area contributed by atoms with Crippen molar-refractivity contribution in [3.63, 3.8) is 0 Å². The van der Waals surface area contributed by atoms with E-state index in [2.05, 4.69) is 33.0 Å². The molecule has 0 bridgehead atoms. The van der Waals surface area contributed by atoms with Gasteiger partial charge in [-0.2, -0.15) is 0 Å². The summed E-state index contributed by atoms with van der Waals surface area (Å²) in [6.45, 7) is 9.58. The van der Waals surface area contributed by atoms with Crippen molar-refractivity contribution in [1.29, 1.82) is 0 Å². The third-order valence-electron chi connectivity index (χ3n) is 2.23. The number of hydrogen-bond acceptors (Lipinski definition) is 2. The zero-order chi connectivity index (χ0) is 9.56. The topological polar surface area (TPSA) is 38.0 Å². The van der Waals surface area contributed by atoms with Crippen LogP contribution in [-0.4, -0.2) is 18.6 Å². The Morgan fingerprint density at radius 2 is 1.83 bits per heavy atom. The van der Waals surface area contributed by atoms with Crippen molar-refractivity contribution in [1.82, 2.24) is 5.32 Å². The minimum absolute atomic E-state index is 0.491. The van der Waals surface area contributed by atoms with Crippen molar-refractivity contribution < 1.29 is 0 Å². The smallest absolute Gasteiger partial charge is 0.0218 e. The summed E-state index contributed by atoms with van der Waals surface area (Å²) in [6, 6.07) is 1.03. The van der Waals surface area contributed by atoms with Crippen molar-refractivity contribution >= 4 is 0 Å². The average Bonchev–Trinajstić information content (AvgIpc) is 2.00. The molecule has 0 rings (SSSR count). The molecule has 74 valence electrons. The summed E-state index contributed by atoms with van der Waals surface area (Å²) in [7, 11) is 0. The first-order valence-electron chi connectivity index (χ1n) is 5.07. The standard InChI is InChI=1S/C10H24N2/c1-5-6-9(4)10(7-11)12-8(2)3/h8-10,12H,5-7,11H2,1-4H3. The third-order valence-corrected chi connectivity index (χ3v) is 2.23. The van der Waals surface area contributed by atoms with Gasteiger partial charge in [0.2, 0.25) is 0 Å². The first-order chi connectivity index (χ1) is 5.61. The highest BCUT2D eigenvalue weighted by Gasteiger charge is 2.14. The number of nitrogens with two attached hydrogens (primary N) is 1. The highest BCUT2D eigenvalue weighted by Crippen LogP contribution is 2.10. The van der Waals surface area contributed by atoms with Crippen molar-refractivity contribution in [3.05, 3.63) is 0 Å². The van der Waals surface area contributed by atoms with Crippen LogP contribution in [0.2, 0.25) is 0 Å². The maximum absolute atomic E-state index is 5.69. The van der Waals surface area contributed by atoms with Crippen LogP contribution < -0.4 is 11.1 Å². The molecule has 0 aromatic carbocycles. The van der Waals surface area contributed by atoms with Crippen LogP contribution in [-0.2, 0) is 0 Å². The van der Waals surface area contributed by atoms with Crippen LogP contribution in [0, 0.1) is 5.92 Å². The molecule has 0 aromatic heterocycles. The fourth-order valence-electron chi connectivity index (χ4n) is 1.55. The Kier molecular flexibility index (Phi) is 6.39. The molecule has 0 aromatic rings. The van der Waals surface area contributed by atoms with Gasteiger partial charge in [0, 0.05) is 18.6 Å². The largest absolute Gasteiger partial charge is 0.329 e. The molecule has 0 aliphatic rings. The van der Waals surface area contributed by atoms with Gasteiger partial charge in [-0.15, -0.1) is 0 Å². The highest BCUT2D eigenvalue weighted by atomic mass is 15.0. The van der Waals surface area contributed by atoms with E-state index in [1.54, 1.807) is 0 Å². The molecule has 0 radical (unpaired) electrons. The van der Waals surface area contributed by atoms with Crippen LogP contribution >= 0.6 is 0 Å². The van der Waals surface area contributed by atoms with Gasteiger partial charge >= 0.3 is 0 Å². The Labute approximate surface area is 76.9 Å². The molecule has 2 atom stereocenters. The van der Waals surface area contributed by atoms with Crippen LogP contribution in [0.3, 0.4) is 0 Å². The van der Waals surface area contributed by atoms with E-state index < -0.39 is 0 Å². The Morgan fingerprint density at radius 3 is 2.17 bits per heavy atom. The molecule has 0 aliphatic carbocycles. The first kappa shape index (κ1) is 11.9. The van der Waals surface area contributed by atoms with Gasteiger partial charge in [0.15, 0.2) is 0 Å². The van der Waals surface area contributed by atoms with Crippen LogP contribution in [0.15, 0.2) is 0 Å². The molecule has 0 saturated heterocycles. The van der Waals surface area contributed by atoms with Crippen molar-refractivity contribution in [2.45, 2.75) is 52.6 Å². The normalized spacial score (nSPS) is 16.5. The molecule has 3 N–H and O–H groups in total. The predicted octanol–water partition coefficient (Wildman–Crippen LogP) is 1.75. The lowest BCUT2D eigenvalue weighted by Gasteiger charge is -2.25. The second kappa shape index (κ2) is 6.44. The maximum atomic E-state index is 5.69. The zero-order valence-corrected chi connectivity index (χ0v) is 8.93. The van der Waals surface area contributed by atoms with Gasteiger partial charge in [0.05, 0.1) is 0 Å². The molecule has 0 saturated carbocycles. The lowest BCUT2D eigenvalue weighted by Crippen LogP contribution is -2.44. The van der Waals surface area contributed by atoms with Crippen LogP contribution in [0.5, 0.6) is 0 Å². The molecular formula is C10H24N2. The van der Waals surface area contributed by atoms with Gasteiger partial charge in [-0.1, -0.05) is 34.1 Å². The summed E-state index contributed by atoms with van der Waals surface area (Å²) in [5.74, 6) is 0.697. The molecular weight excluding hydrogens is 148 g/mol. The fourth-order valence-corrected chi connectivity index (χ4v) is 1.55. The van der Waals surface area contributed by atoms with Crippen molar-refractivity contribution in [2.75, 3.05) is 6.54 Å². The Balaban J connectivity index is 3.78. The van der Waals surface area contributed by atoms with E-state index >= 15 is 0 Å². The lowest BCUT2D eigenvalue weighted by atomic mass is 9.96. The maximum Gasteiger partial charge on any atom is 0.0218 e. The second-order valence-corrected chi connectivity index (χ2v) is 3.93. The van der Waals surface area contributed by atoms with Crippen molar-refractivity contribution in [3.8, 4) is 0 Å². The van der Waals surface area contributed by atoms with E-state index in [1.165, 1.54) is 12.8 Å². The van der Waals surface area contributed by atoms with Gasteiger partial charge in [-0.3, -0.25) is 0 Å². The molecule has 2 heteroatoms. The zero-order valence-electron chi connectivity index (χ0n) is 8.93. The average molecular weight is 172 g/mol. The number of rotatable bonds is 6. The highest BCUT2D eigenvalue weighted by molar-refractivity contribution is 4.75. The molecule has 0 heterocycles.